The van der Waals surface area contributed by atoms with E-state index in [1.54, 1.807) is 0 Å². The van der Waals surface area contributed by atoms with Gasteiger partial charge in [-0.2, -0.15) is 30.6 Å². The van der Waals surface area contributed by atoms with Crippen LogP contribution in [0, 0.1) is 11.8 Å². The van der Waals surface area contributed by atoms with Gasteiger partial charge in [0.05, 0.1) is 11.8 Å². The fourth-order valence-electron chi connectivity index (χ4n) is 5.01. The molecular weight excluding hydrogens is 383 g/mol. The van der Waals surface area contributed by atoms with Crippen LogP contribution in [0.1, 0.15) is 29.5 Å². The van der Waals surface area contributed by atoms with Crippen LogP contribution >= 0.6 is 0 Å². The molecule has 148 valence electrons. The highest BCUT2D eigenvalue weighted by Gasteiger charge is 2.60. The zero-order valence-electron chi connectivity index (χ0n) is 14.4. The van der Waals surface area contributed by atoms with Crippen LogP contribution in [0.4, 0.5) is 13.2 Å². The molecule has 10 heteroatoms. The number of hydrogen-bond donors (Lipinski definition) is 2. The Labute approximate surface area is 155 Å². The number of rotatable bonds is 2. The summed E-state index contributed by atoms with van der Waals surface area (Å²) < 4.78 is 66.6. The van der Waals surface area contributed by atoms with Gasteiger partial charge in [-0.3, -0.25) is 0 Å². The third-order valence-electron chi connectivity index (χ3n) is 6.14. The first kappa shape index (κ1) is 18.7. The molecule has 1 aromatic rings. The highest BCUT2D eigenvalue weighted by atomic mass is 32.2. The second-order valence-corrected chi connectivity index (χ2v) is 9.35. The molecule has 1 heterocycles. The van der Waals surface area contributed by atoms with Gasteiger partial charge in [-0.15, -0.1) is 0 Å². The highest BCUT2D eigenvalue weighted by Crippen LogP contribution is 2.50. The summed E-state index contributed by atoms with van der Waals surface area (Å²) in [6.45, 7) is -1.61. The van der Waals surface area contributed by atoms with Crippen molar-refractivity contribution in [2.24, 2.45) is 17.0 Å². The van der Waals surface area contributed by atoms with E-state index in [0.717, 1.165) is 29.5 Å². The molecular formula is C17H20F3N3O3S. The quantitative estimate of drug-likeness (QED) is 0.451. The van der Waals surface area contributed by atoms with Crippen LogP contribution in [0.15, 0.2) is 23.4 Å². The van der Waals surface area contributed by atoms with Crippen LogP contribution in [-0.2, 0) is 23.1 Å². The number of hydrogen-bond acceptors (Lipinski definition) is 4. The summed E-state index contributed by atoms with van der Waals surface area (Å²) in [6.07, 6.45) is -0.503. The molecule has 4 rings (SSSR count). The van der Waals surface area contributed by atoms with E-state index in [0.29, 0.717) is 17.1 Å². The van der Waals surface area contributed by atoms with Crippen LogP contribution < -0.4 is 4.72 Å². The van der Waals surface area contributed by atoms with Gasteiger partial charge in [-0.05, 0) is 60.3 Å². The van der Waals surface area contributed by atoms with Crippen LogP contribution in [-0.4, -0.2) is 48.9 Å². The number of oxime groups is 1. The van der Waals surface area contributed by atoms with Gasteiger partial charge in [-0.1, -0.05) is 17.3 Å². The topological polar surface area (TPSA) is 82.0 Å². The lowest BCUT2D eigenvalue weighted by atomic mass is 9.79. The third kappa shape index (κ3) is 3.23. The van der Waals surface area contributed by atoms with Gasteiger partial charge in [0.15, 0.2) is 0 Å². The Balaban J connectivity index is 1.68. The fourth-order valence-corrected chi connectivity index (χ4v) is 6.72. The van der Waals surface area contributed by atoms with Crippen molar-refractivity contribution < 1.29 is 26.8 Å². The summed E-state index contributed by atoms with van der Waals surface area (Å²) in [6, 6.07) is 5.65. The zero-order valence-corrected chi connectivity index (χ0v) is 15.2. The molecule has 0 unspecified atom stereocenters. The standard InChI is InChI=1S/C17H20F3N3O3S/c18-17(19,20)10-23-9-16(22-27(23,25)26)14-3-4-15(16)7-13-5-11(8-21-24)1-2-12(13)6-14/h1-2,5,8,14-15,22,24H,3-4,6-7,9-10H2/b21-8+/t14-,15+,16-/m1/s1. The third-order valence-corrected chi connectivity index (χ3v) is 7.72. The van der Waals surface area contributed by atoms with Crippen molar-refractivity contribution in [2.75, 3.05) is 13.1 Å². The normalized spacial score (nSPS) is 32.9. The molecule has 6 nitrogen and oxygen atoms in total. The van der Waals surface area contributed by atoms with Gasteiger partial charge in [0.2, 0.25) is 0 Å². The number of benzene rings is 1. The molecule has 0 amide bonds. The van der Waals surface area contributed by atoms with Gasteiger partial charge in [-0.25, -0.2) is 0 Å². The molecule has 3 aliphatic rings. The highest BCUT2D eigenvalue weighted by molar-refractivity contribution is 7.87. The lowest BCUT2D eigenvalue weighted by molar-refractivity contribution is -0.136. The van der Waals surface area contributed by atoms with Crippen molar-refractivity contribution in [1.82, 2.24) is 9.03 Å². The lowest BCUT2D eigenvalue weighted by Gasteiger charge is -2.33. The second kappa shape index (κ2) is 6.18. The first-order valence-corrected chi connectivity index (χ1v) is 10.2. The largest absolute Gasteiger partial charge is 0.411 e. The molecule has 27 heavy (non-hydrogen) atoms. The zero-order chi connectivity index (χ0) is 19.4. The van der Waals surface area contributed by atoms with E-state index in [-0.39, 0.29) is 18.4 Å². The van der Waals surface area contributed by atoms with E-state index in [2.05, 4.69) is 9.88 Å². The predicted molar refractivity (Wildman–Crippen MR) is 91.9 cm³/mol. The van der Waals surface area contributed by atoms with Crippen LogP contribution in [0.25, 0.3) is 0 Å². The average Bonchev–Trinajstić information content (AvgIpc) is 2.92. The Kier molecular flexibility index (Phi) is 4.28. The first-order chi connectivity index (χ1) is 12.6. The van der Waals surface area contributed by atoms with E-state index >= 15 is 0 Å². The van der Waals surface area contributed by atoms with Crippen molar-refractivity contribution in [3.63, 3.8) is 0 Å². The van der Waals surface area contributed by atoms with Crippen molar-refractivity contribution in [1.29, 1.82) is 0 Å². The molecule has 1 aliphatic heterocycles. The van der Waals surface area contributed by atoms with E-state index in [9.17, 15) is 21.6 Å². The summed E-state index contributed by atoms with van der Waals surface area (Å²) in [5, 5.41) is 11.8. The van der Waals surface area contributed by atoms with Gasteiger partial charge < -0.3 is 5.21 Å². The van der Waals surface area contributed by atoms with Gasteiger partial charge in [0.25, 0.3) is 10.2 Å². The Bertz CT molecular complexity index is 887. The molecule has 2 bridgehead atoms. The Morgan fingerprint density at radius 1 is 1.26 bits per heavy atom. The number of nitrogens with zero attached hydrogens (tertiary/aromatic N) is 2. The Morgan fingerprint density at radius 3 is 2.56 bits per heavy atom. The van der Waals surface area contributed by atoms with Crippen molar-refractivity contribution in [3.8, 4) is 0 Å². The summed E-state index contributed by atoms with van der Waals surface area (Å²) in [5.41, 5.74) is 1.97. The van der Waals surface area contributed by atoms with Crippen LogP contribution in [0.5, 0.6) is 0 Å². The molecule has 1 saturated carbocycles. The van der Waals surface area contributed by atoms with Gasteiger partial charge in [0, 0.05) is 6.54 Å². The molecule has 2 N–H and O–H groups in total. The van der Waals surface area contributed by atoms with Crippen molar-refractivity contribution >= 4 is 16.4 Å². The number of halogens is 3. The molecule has 1 saturated heterocycles. The molecule has 1 aromatic carbocycles. The first-order valence-electron chi connectivity index (χ1n) is 8.78. The Morgan fingerprint density at radius 2 is 1.93 bits per heavy atom. The summed E-state index contributed by atoms with van der Waals surface area (Å²) in [7, 11) is -4.17. The van der Waals surface area contributed by atoms with Crippen LogP contribution in [0.3, 0.4) is 0 Å². The maximum atomic E-state index is 12.9. The van der Waals surface area contributed by atoms with Gasteiger partial charge >= 0.3 is 6.18 Å². The lowest BCUT2D eigenvalue weighted by Crippen LogP contribution is -2.52. The minimum atomic E-state index is -4.58. The van der Waals surface area contributed by atoms with E-state index in [1.165, 1.54) is 6.21 Å². The average molecular weight is 403 g/mol. The molecule has 1 spiro atoms. The maximum Gasteiger partial charge on any atom is 0.402 e. The SMILES string of the molecule is O=S1(=O)N[C@]2(CN1CC(F)(F)F)[C@@H]1CC[C@H]2Cc2cc(/C=N/O)ccc2C1. The molecule has 2 fully saturated rings. The van der Waals surface area contributed by atoms with Crippen LogP contribution in [0.2, 0.25) is 0 Å². The summed E-state index contributed by atoms with van der Waals surface area (Å²) >= 11 is 0. The van der Waals surface area contributed by atoms with E-state index in [1.807, 2.05) is 18.2 Å². The molecule has 0 radical (unpaired) electrons. The molecule has 3 atom stereocenters. The minimum Gasteiger partial charge on any atom is -0.411 e. The van der Waals surface area contributed by atoms with E-state index in [4.69, 9.17) is 5.21 Å². The van der Waals surface area contributed by atoms with Crippen molar-refractivity contribution in [3.05, 3.63) is 34.9 Å². The number of alkyl halides is 3. The number of fused-ring (bicyclic) bond motifs is 1. The predicted octanol–water partition coefficient (Wildman–Crippen LogP) is 2.07. The smallest absolute Gasteiger partial charge is 0.402 e. The van der Waals surface area contributed by atoms with Gasteiger partial charge in [0.1, 0.15) is 6.54 Å². The fraction of sp³-hybridized carbons (Fsp3) is 0.588. The monoisotopic (exact) mass is 403 g/mol. The Hall–Kier alpha value is -1.65. The second-order valence-electron chi connectivity index (χ2n) is 7.68. The maximum absolute atomic E-state index is 12.9. The summed E-state index contributed by atoms with van der Waals surface area (Å²) in [4.78, 5) is 0. The minimum absolute atomic E-state index is 0.0471. The van der Waals surface area contributed by atoms with Crippen molar-refractivity contribution in [2.45, 2.75) is 37.4 Å². The van der Waals surface area contributed by atoms with E-state index < -0.39 is 28.5 Å². The molecule has 2 aliphatic carbocycles. The summed E-state index contributed by atoms with van der Waals surface area (Å²) in [5.74, 6) is -0.118. The molecule has 0 aromatic heterocycles. The number of nitrogens with one attached hydrogen (secondary N) is 1.